The van der Waals surface area contributed by atoms with E-state index in [0.717, 1.165) is 24.4 Å². The van der Waals surface area contributed by atoms with Crippen LogP contribution in [0.2, 0.25) is 0 Å². The zero-order chi connectivity index (χ0) is 11.7. The Morgan fingerprint density at radius 1 is 1.53 bits per heavy atom. The third-order valence-corrected chi connectivity index (χ3v) is 3.49. The van der Waals surface area contributed by atoms with Crippen LogP contribution in [0.3, 0.4) is 0 Å². The molecule has 1 saturated heterocycles. The molecule has 17 heavy (non-hydrogen) atoms. The van der Waals surface area contributed by atoms with Gasteiger partial charge in [0.05, 0.1) is 11.2 Å². The van der Waals surface area contributed by atoms with E-state index in [1.54, 1.807) is 0 Å². The van der Waals surface area contributed by atoms with Crippen LogP contribution in [0.25, 0.3) is 5.52 Å². The van der Waals surface area contributed by atoms with E-state index in [1.807, 2.05) is 7.05 Å². The molecule has 0 radical (unpaired) electrons. The number of anilines is 1. The molecule has 1 aliphatic rings. The van der Waals surface area contributed by atoms with Crippen LogP contribution in [-0.4, -0.2) is 29.5 Å². The van der Waals surface area contributed by atoms with E-state index in [0.29, 0.717) is 5.92 Å². The van der Waals surface area contributed by atoms with Crippen LogP contribution in [0.15, 0.2) is 24.5 Å². The molecule has 2 N–H and O–H groups in total. The van der Waals surface area contributed by atoms with E-state index >= 15 is 0 Å². The van der Waals surface area contributed by atoms with E-state index < -0.39 is 0 Å². The highest BCUT2D eigenvalue weighted by atomic mass is 15.0. The monoisotopic (exact) mass is 230 g/mol. The molecule has 1 aliphatic heterocycles. The molecular weight excluding hydrogens is 212 g/mol. The second kappa shape index (κ2) is 4.37. The van der Waals surface area contributed by atoms with Gasteiger partial charge in [-0.1, -0.05) is 0 Å². The van der Waals surface area contributed by atoms with Crippen LogP contribution in [0.1, 0.15) is 24.5 Å². The first-order valence-electron chi connectivity index (χ1n) is 6.24. The lowest BCUT2D eigenvalue weighted by Gasteiger charge is -2.23. The predicted octanol–water partition coefficient (Wildman–Crippen LogP) is 1.84. The van der Waals surface area contributed by atoms with Crippen molar-refractivity contribution in [1.82, 2.24) is 14.7 Å². The average Bonchev–Trinajstić information content (AvgIpc) is 2.86. The minimum atomic E-state index is 0.544. The number of nitrogens with zero attached hydrogens (tertiary/aromatic N) is 2. The van der Waals surface area contributed by atoms with Crippen LogP contribution < -0.4 is 10.6 Å². The molecule has 1 atom stereocenters. The molecule has 0 unspecified atom stereocenters. The van der Waals surface area contributed by atoms with Crippen molar-refractivity contribution in [3.8, 4) is 0 Å². The molecule has 0 bridgehead atoms. The SMILES string of the molecule is CNc1nc([C@H]2CCCNC2)cn2cccc12. The van der Waals surface area contributed by atoms with Crippen LogP contribution in [-0.2, 0) is 0 Å². The van der Waals surface area contributed by atoms with Gasteiger partial charge in [-0.25, -0.2) is 4.98 Å². The van der Waals surface area contributed by atoms with Gasteiger partial charge < -0.3 is 15.0 Å². The van der Waals surface area contributed by atoms with Gasteiger partial charge in [-0.2, -0.15) is 0 Å². The minimum Gasteiger partial charge on any atom is -0.371 e. The van der Waals surface area contributed by atoms with Crippen molar-refractivity contribution in [3.05, 3.63) is 30.2 Å². The summed E-state index contributed by atoms with van der Waals surface area (Å²) in [5, 5.41) is 6.63. The number of piperidine rings is 1. The smallest absolute Gasteiger partial charge is 0.150 e. The number of hydrogen-bond acceptors (Lipinski definition) is 3. The second-order valence-corrected chi connectivity index (χ2v) is 4.61. The fourth-order valence-electron chi connectivity index (χ4n) is 2.55. The zero-order valence-corrected chi connectivity index (χ0v) is 10.1. The summed E-state index contributed by atoms with van der Waals surface area (Å²) in [4.78, 5) is 4.74. The van der Waals surface area contributed by atoms with Gasteiger partial charge in [-0.3, -0.25) is 0 Å². The van der Waals surface area contributed by atoms with Gasteiger partial charge in [0, 0.05) is 31.9 Å². The summed E-state index contributed by atoms with van der Waals surface area (Å²) in [5.41, 5.74) is 2.32. The van der Waals surface area contributed by atoms with E-state index in [4.69, 9.17) is 4.98 Å². The van der Waals surface area contributed by atoms with Gasteiger partial charge in [0.2, 0.25) is 0 Å². The lowest BCUT2D eigenvalue weighted by molar-refractivity contribution is 0.454. The fourth-order valence-corrected chi connectivity index (χ4v) is 2.55. The standard InChI is InChI=1S/C13H18N4/c1-14-13-12-5-3-7-17(12)9-11(16-13)10-4-2-6-15-8-10/h3,5,7,9-10,15H,2,4,6,8H2,1H3,(H,14,16)/t10-/m0/s1. The maximum Gasteiger partial charge on any atom is 0.150 e. The number of fused-ring (bicyclic) bond motifs is 1. The molecule has 1 fully saturated rings. The topological polar surface area (TPSA) is 41.4 Å². The number of aromatic nitrogens is 2. The Bertz CT molecular complexity index is 511. The van der Waals surface area contributed by atoms with Crippen LogP contribution in [0.4, 0.5) is 5.82 Å². The Balaban J connectivity index is 2.03. The van der Waals surface area contributed by atoms with Crippen molar-refractivity contribution < 1.29 is 0 Å². The first-order chi connectivity index (χ1) is 8.38. The molecule has 90 valence electrons. The summed E-state index contributed by atoms with van der Waals surface area (Å²) in [5.74, 6) is 1.51. The van der Waals surface area contributed by atoms with Gasteiger partial charge in [-0.05, 0) is 31.5 Å². The Kier molecular flexibility index (Phi) is 2.73. The Hall–Kier alpha value is -1.55. The van der Waals surface area contributed by atoms with E-state index in [2.05, 4.69) is 39.6 Å². The quantitative estimate of drug-likeness (QED) is 0.827. The molecule has 3 rings (SSSR count). The lowest BCUT2D eigenvalue weighted by atomic mass is 9.96. The maximum atomic E-state index is 4.74. The van der Waals surface area contributed by atoms with Crippen molar-refractivity contribution in [2.75, 3.05) is 25.5 Å². The summed E-state index contributed by atoms with van der Waals surface area (Å²) in [6.45, 7) is 2.18. The summed E-state index contributed by atoms with van der Waals surface area (Å²) >= 11 is 0. The molecule has 0 saturated carbocycles. The Morgan fingerprint density at radius 2 is 2.47 bits per heavy atom. The van der Waals surface area contributed by atoms with Gasteiger partial charge in [0.25, 0.3) is 0 Å². The Labute approximate surface area is 101 Å². The molecule has 2 aromatic rings. The van der Waals surface area contributed by atoms with Crippen LogP contribution >= 0.6 is 0 Å². The van der Waals surface area contributed by atoms with Crippen molar-refractivity contribution in [1.29, 1.82) is 0 Å². The molecule has 3 heterocycles. The van der Waals surface area contributed by atoms with Gasteiger partial charge >= 0.3 is 0 Å². The third-order valence-electron chi connectivity index (χ3n) is 3.49. The molecule has 4 nitrogen and oxygen atoms in total. The minimum absolute atomic E-state index is 0.544. The summed E-state index contributed by atoms with van der Waals surface area (Å²) < 4.78 is 2.16. The van der Waals surface area contributed by atoms with Crippen molar-refractivity contribution >= 4 is 11.3 Å². The lowest BCUT2D eigenvalue weighted by Crippen LogP contribution is -2.29. The van der Waals surface area contributed by atoms with Crippen molar-refractivity contribution in [2.45, 2.75) is 18.8 Å². The van der Waals surface area contributed by atoms with E-state index in [-0.39, 0.29) is 0 Å². The number of nitrogens with one attached hydrogen (secondary N) is 2. The molecular formula is C13H18N4. The van der Waals surface area contributed by atoms with Crippen LogP contribution in [0, 0.1) is 0 Å². The third kappa shape index (κ3) is 1.89. The highest BCUT2D eigenvalue weighted by molar-refractivity contribution is 5.68. The van der Waals surface area contributed by atoms with Crippen molar-refractivity contribution in [2.24, 2.45) is 0 Å². The molecule has 0 amide bonds. The molecule has 0 spiro atoms. The largest absolute Gasteiger partial charge is 0.371 e. The summed E-state index contributed by atoms with van der Waals surface area (Å²) in [6.07, 6.45) is 6.71. The normalized spacial score (nSPS) is 20.6. The maximum absolute atomic E-state index is 4.74. The average molecular weight is 230 g/mol. The zero-order valence-electron chi connectivity index (χ0n) is 10.1. The summed E-state index contributed by atoms with van der Waals surface area (Å²) in [7, 11) is 1.93. The predicted molar refractivity (Wildman–Crippen MR) is 69.6 cm³/mol. The van der Waals surface area contributed by atoms with Gasteiger partial charge in [-0.15, -0.1) is 0 Å². The number of hydrogen-bond donors (Lipinski definition) is 2. The summed E-state index contributed by atoms with van der Waals surface area (Å²) in [6, 6.07) is 4.14. The fraction of sp³-hybridized carbons (Fsp3) is 0.462. The first-order valence-corrected chi connectivity index (χ1v) is 6.24. The number of rotatable bonds is 2. The molecule has 4 heteroatoms. The van der Waals surface area contributed by atoms with Gasteiger partial charge in [0.15, 0.2) is 0 Å². The van der Waals surface area contributed by atoms with E-state index in [1.165, 1.54) is 18.5 Å². The highest BCUT2D eigenvalue weighted by Gasteiger charge is 2.18. The Morgan fingerprint density at radius 3 is 3.24 bits per heavy atom. The molecule has 2 aromatic heterocycles. The highest BCUT2D eigenvalue weighted by Crippen LogP contribution is 2.24. The first kappa shape index (κ1) is 10.6. The molecule has 0 aliphatic carbocycles. The van der Waals surface area contributed by atoms with Gasteiger partial charge in [0.1, 0.15) is 5.82 Å². The van der Waals surface area contributed by atoms with E-state index in [9.17, 15) is 0 Å². The van der Waals surface area contributed by atoms with Crippen molar-refractivity contribution in [3.63, 3.8) is 0 Å². The second-order valence-electron chi connectivity index (χ2n) is 4.61. The van der Waals surface area contributed by atoms with Crippen LogP contribution in [0.5, 0.6) is 0 Å². The molecule has 0 aromatic carbocycles.